The van der Waals surface area contributed by atoms with Crippen LogP contribution in [-0.4, -0.2) is 52.4 Å². The average Bonchev–Trinajstić information content (AvgIpc) is 3.70. The van der Waals surface area contributed by atoms with E-state index >= 15 is 0 Å². The first kappa shape index (κ1) is 22.9. The van der Waals surface area contributed by atoms with E-state index in [4.69, 9.17) is 14.1 Å². The van der Waals surface area contributed by atoms with E-state index in [0.29, 0.717) is 36.8 Å². The van der Waals surface area contributed by atoms with E-state index in [1.165, 1.54) is 0 Å². The summed E-state index contributed by atoms with van der Waals surface area (Å²) in [6, 6.07) is 13.7. The lowest BCUT2D eigenvalue weighted by Gasteiger charge is -2.19. The number of nitrogens with one attached hydrogen (secondary N) is 3. The number of rotatable bonds is 6. The molecule has 10 nitrogen and oxygen atoms in total. The van der Waals surface area contributed by atoms with Gasteiger partial charge in [-0.2, -0.15) is 0 Å². The van der Waals surface area contributed by atoms with Crippen LogP contribution in [0, 0.1) is 0 Å². The summed E-state index contributed by atoms with van der Waals surface area (Å²) in [5.74, 6) is 0.563. The summed E-state index contributed by atoms with van der Waals surface area (Å²) in [4.78, 5) is 24.6. The van der Waals surface area contributed by atoms with Gasteiger partial charge >= 0.3 is 0 Å². The number of pyridine rings is 2. The highest BCUT2D eigenvalue weighted by Crippen LogP contribution is 2.36. The zero-order valence-corrected chi connectivity index (χ0v) is 21.1. The van der Waals surface area contributed by atoms with Gasteiger partial charge in [0.05, 0.1) is 47.2 Å². The maximum atomic E-state index is 13.0. The van der Waals surface area contributed by atoms with Crippen LogP contribution in [0.3, 0.4) is 0 Å². The molecule has 1 atom stereocenters. The maximum absolute atomic E-state index is 13.0. The average molecular weight is 510 g/mol. The Labute approximate surface area is 218 Å². The van der Waals surface area contributed by atoms with Crippen molar-refractivity contribution in [1.29, 1.82) is 0 Å². The molecule has 4 aromatic heterocycles. The van der Waals surface area contributed by atoms with Gasteiger partial charge in [-0.05, 0) is 50.0 Å². The minimum atomic E-state index is -0.159. The molecular formula is C28H27N7O3. The lowest BCUT2D eigenvalue weighted by Crippen LogP contribution is -2.20. The molecule has 0 saturated carbocycles. The molecule has 3 N–H and O–H groups in total. The van der Waals surface area contributed by atoms with Crippen LogP contribution >= 0.6 is 0 Å². The second-order valence-electron chi connectivity index (χ2n) is 9.84. The number of amides is 1. The van der Waals surface area contributed by atoms with Gasteiger partial charge in [-0.1, -0.05) is 6.07 Å². The van der Waals surface area contributed by atoms with Crippen molar-refractivity contribution in [2.75, 3.05) is 32.6 Å². The highest BCUT2D eigenvalue weighted by Gasteiger charge is 2.28. The summed E-state index contributed by atoms with van der Waals surface area (Å²) in [6.45, 7) is 2.60. The molecule has 5 aromatic rings. The van der Waals surface area contributed by atoms with Crippen molar-refractivity contribution in [3.05, 3.63) is 77.3 Å². The molecule has 192 valence electrons. The van der Waals surface area contributed by atoms with Gasteiger partial charge in [0.2, 0.25) is 0 Å². The van der Waals surface area contributed by atoms with E-state index in [9.17, 15) is 4.79 Å². The normalized spacial score (nSPS) is 17.0. The fraction of sp³-hybridized carbons (Fsp3) is 0.250. The lowest BCUT2D eigenvalue weighted by atomic mass is 9.99. The third-order valence-electron chi connectivity index (χ3n) is 7.07. The number of aromatic nitrogens is 3. The van der Waals surface area contributed by atoms with Crippen molar-refractivity contribution < 1.29 is 13.9 Å². The smallest absolute Gasteiger partial charge is 0.254 e. The molecular weight excluding hydrogens is 482 g/mol. The Morgan fingerprint density at radius 2 is 2.08 bits per heavy atom. The first-order valence-corrected chi connectivity index (χ1v) is 12.6. The Morgan fingerprint density at radius 3 is 2.92 bits per heavy atom. The Morgan fingerprint density at radius 1 is 1.16 bits per heavy atom. The number of furan rings is 1. The van der Waals surface area contributed by atoms with Gasteiger partial charge in [0.15, 0.2) is 5.58 Å². The molecule has 0 radical (unpaired) electrons. The van der Waals surface area contributed by atoms with Crippen molar-refractivity contribution in [3.63, 3.8) is 0 Å². The molecule has 38 heavy (non-hydrogen) atoms. The second kappa shape index (κ2) is 8.95. The van der Waals surface area contributed by atoms with Crippen LogP contribution in [0.25, 0.3) is 28.0 Å². The van der Waals surface area contributed by atoms with Crippen LogP contribution in [0.1, 0.15) is 33.4 Å². The molecule has 0 bridgehead atoms. The van der Waals surface area contributed by atoms with Gasteiger partial charge in [0, 0.05) is 36.8 Å². The Kier molecular flexibility index (Phi) is 5.39. The number of carbonyl (C=O) groups excluding carboxylic acids is 1. The van der Waals surface area contributed by atoms with Crippen LogP contribution in [0.2, 0.25) is 0 Å². The quantitative estimate of drug-likeness (QED) is 0.317. The summed E-state index contributed by atoms with van der Waals surface area (Å²) in [6.07, 6.45) is 3.36. The number of nitrogens with zero attached hydrogens (tertiary/aromatic N) is 4. The Bertz CT molecular complexity index is 1700. The number of benzene rings is 1. The number of imidazole rings is 1. The number of hydrogen-bond donors (Lipinski definition) is 3. The second-order valence-corrected chi connectivity index (χ2v) is 9.84. The third kappa shape index (κ3) is 3.73. The van der Waals surface area contributed by atoms with Gasteiger partial charge in [-0.15, -0.1) is 0 Å². The molecule has 10 heteroatoms. The predicted molar refractivity (Wildman–Crippen MR) is 143 cm³/mol. The topological polar surface area (TPSA) is 109 Å². The first-order chi connectivity index (χ1) is 18.6. The van der Waals surface area contributed by atoms with Crippen molar-refractivity contribution in [1.82, 2.24) is 29.9 Å². The summed E-state index contributed by atoms with van der Waals surface area (Å²) < 4.78 is 13.5. The van der Waals surface area contributed by atoms with Crippen LogP contribution in [0.5, 0.6) is 0 Å². The molecule has 2 aliphatic heterocycles. The van der Waals surface area contributed by atoms with E-state index in [2.05, 4.69) is 30.2 Å². The molecule has 1 unspecified atom stereocenters. The van der Waals surface area contributed by atoms with Gasteiger partial charge in [0.1, 0.15) is 17.7 Å². The number of fused-ring (bicyclic) bond motifs is 4. The highest BCUT2D eigenvalue weighted by atomic mass is 16.5. The van der Waals surface area contributed by atoms with Crippen molar-refractivity contribution in [3.8, 4) is 11.3 Å². The predicted octanol–water partition coefficient (Wildman–Crippen LogP) is 3.81. The molecule has 6 heterocycles. The monoisotopic (exact) mass is 509 g/mol. The van der Waals surface area contributed by atoms with Crippen LogP contribution in [0.15, 0.2) is 59.3 Å². The zero-order chi connectivity index (χ0) is 25.8. The first-order valence-electron chi connectivity index (χ1n) is 12.6. The van der Waals surface area contributed by atoms with Gasteiger partial charge in [-0.25, -0.2) is 9.97 Å². The SMILES string of the molecule is CN(C)Cc1nc(Nc2ccc(-c3cnc4ccc5occc5n34)c3c2C(=O)NC3)ccc1C1NCCO1. The number of hydrogen-bond acceptors (Lipinski definition) is 8. The van der Waals surface area contributed by atoms with Crippen LogP contribution in [0.4, 0.5) is 11.5 Å². The minimum absolute atomic E-state index is 0.111. The van der Waals surface area contributed by atoms with Gasteiger partial charge in [0.25, 0.3) is 5.91 Å². The van der Waals surface area contributed by atoms with Crippen molar-refractivity contribution >= 4 is 34.2 Å². The molecule has 7 rings (SSSR count). The van der Waals surface area contributed by atoms with E-state index in [-0.39, 0.29) is 12.1 Å². The lowest BCUT2D eigenvalue weighted by molar-refractivity contribution is 0.0966. The minimum Gasteiger partial charge on any atom is -0.463 e. The van der Waals surface area contributed by atoms with Gasteiger partial charge in [-0.3, -0.25) is 14.5 Å². The van der Waals surface area contributed by atoms with Crippen LogP contribution < -0.4 is 16.0 Å². The molecule has 1 amide bonds. The molecule has 1 saturated heterocycles. The molecule has 0 spiro atoms. The van der Waals surface area contributed by atoms with E-state index in [0.717, 1.165) is 51.4 Å². The number of ether oxygens (including phenoxy) is 1. The van der Waals surface area contributed by atoms with E-state index in [1.807, 2.05) is 62.8 Å². The molecule has 1 fully saturated rings. The van der Waals surface area contributed by atoms with Crippen molar-refractivity contribution in [2.24, 2.45) is 0 Å². The number of carbonyl (C=O) groups is 1. The van der Waals surface area contributed by atoms with Gasteiger partial charge < -0.3 is 24.7 Å². The summed E-state index contributed by atoms with van der Waals surface area (Å²) in [7, 11) is 4.03. The van der Waals surface area contributed by atoms with Crippen molar-refractivity contribution in [2.45, 2.75) is 19.3 Å². The maximum Gasteiger partial charge on any atom is 0.254 e. The molecule has 2 aliphatic rings. The van der Waals surface area contributed by atoms with Crippen LogP contribution in [-0.2, 0) is 17.8 Å². The fourth-order valence-electron chi connectivity index (χ4n) is 5.40. The summed E-state index contributed by atoms with van der Waals surface area (Å²) >= 11 is 0. The molecule has 1 aromatic carbocycles. The molecule has 0 aliphatic carbocycles. The largest absolute Gasteiger partial charge is 0.463 e. The Hall–Kier alpha value is -4.25. The fourth-order valence-corrected chi connectivity index (χ4v) is 5.40. The summed E-state index contributed by atoms with van der Waals surface area (Å²) in [5, 5.41) is 9.78. The van der Waals surface area contributed by atoms with E-state index in [1.54, 1.807) is 6.26 Å². The number of anilines is 2. The Balaban J connectivity index is 1.29. The zero-order valence-electron chi connectivity index (χ0n) is 21.1. The third-order valence-corrected chi connectivity index (χ3v) is 7.07. The highest BCUT2D eigenvalue weighted by molar-refractivity contribution is 6.06. The summed E-state index contributed by atoms with van der Waals surface area (Å²) in [5.41, 5.74) is 8.60. The standard InChI is InChI=1S/C28H27N7O3/c1-34(2)15-20-17(28-29-10-12-38-28)4-7-24(33-20)32-19-5-3-16(18-13-31-27(36)26(18)19)22-14-30-25-8-6-23-21(35(22)25)9-11-37-23/h3-9,11,14,28-29H,10,12-13,15H2,1-2H3,(H,31,36)(H,32,33). The van der Waals surface area contributed by atoms with E-state index < -0.39 is 0 Å².